The molecular weight excluding hydrogens is 262 g/mol. The summed E-state index contributed by atoms with van der Waals surface area (Å²) >= 11 is 0. The van der Waals surface area contributed by atoms with Crippen molar-refractivity contribution in [2.45, 2.75) is 103 Å². The lowest BCUT2D eigenvalue weighted by Crippen LogP contribution is -2.44. The number of rotatable bonds is 5. The van der Waals surface area contributed by atoms with Crippen molar-refractivity contribution >= 4 is 5.97 Å². The van der Waals surface area contributed by atoms with Crippen LogP contribution in [0.5, 0.6) is 0 Å². The zero-order chi connectivity index (χ0) is 15.5. The van der Waals surface area contributed by atoms with Gasteiger partial charge in [-0.15, -0.1) is 0 Å². The van der Waals surface area contributed by atoms with E-state index in [2.05, 4.69) is 18.7 Å². The van der Waals surface area contributed by atoms with E-state index in [4.69, 9.17) is 0 Å². The maximum absolute atomic E-state index is 11.2. The van der Waals surface area contributed by atoms with Crippen LogP contribution in [0.3, 0.4) is 0 Å². The summed E-state index contributed by atoms with van der Waals surface area (Å²) in [6.07, 6.45) is 15.4. The molecule has 3 nitrogen and oxygen atoms in total. The molecule has 0 amide bonds. The highest BCUT2D eigenvalue weighted by Crippen LogP contribution is 2.22. The van der Waals surface area contributed by atoms with Gasteiger partial charge < -0.3 is 5.11 Å². The van der Waals surface area contributed by atoms with E-state index in [0.29, 0.717) is 12.1 Å². The molecule has 1 unspecified atom stereocenters. The fourth-order valence-corrected chi connectivity index (χ4v) is 3.51. The monoisotopic (exact) mass is 297 g/mol. The van der Waals surface area contributed by atoms with Crippen LogP contribution in [0.4, 0.5) is 0 Å². The topological polar surface area (TPSA) is 40.5 Å². The zero-order valence-corrected chi connectivity index (χ0v) is 14.1. The van der Waals surface area contributed by atoms with Gasteiger partial charge in [0.1, 0.15) is 0 Å². The van der Waals surface area contributed by atoms with E-state index in [9.17, 15) is 9.90 Å². The van der Waals surface area contributed by atoms with Gasteiger partial charge in [-0.2, -0.15) is 0 Å². The molecule has 1 aliphatic carbocycles. The standard InChI is InChI=1S/C18H35NO2/c1-3-16(2)19(15-18(20)21)17-13-11-9-7-5-4-6-8-10-12-14-17/h16-17H,3-15H2,1-2H3,(H,20,21). The summed E-state index contributed by atoms with van der Waals surface area (Å²) < 4.78 is 0. The highest BCUT2D eigenvalue weighted by molar-refractivity contribution is 5.69. The maximum Gasteiger partial charge on any atom is 0.317 e. The zero-order valence-electron chi connectivity index (χ0n) is 14.1. The van der Waals surface area contributed by atoms with E-state index in [1.165, 1.54) is 70.6 Å². The average Bonchev–Trinajstić information content (AvgIpc) is 2.45. The smallest absolute Gasteiger partial charge is 0.317 e. The molecule has 3 heteroatoms. The second-order valence-corrected chi connectivity index (χ2v) is 6.74. The lowest BCUT2D eigenvalue weighted by atomic mass is 9.95. The number of hydrogen-bond acceptors (Lipinski definition) is 2. The molecule has 0 aromatic heterocycles. The van der Waals surface area contributed by atoms with Crippen LogP contribution in [0.2, 0.25) is 0 Å². The Balaban J connectivity index is 2.62. The third-order valence-corrected chi connectivity index (χ3v) is 5.02. The predicted molar refractivity (Wildman–Crippen MR) is 88.7 cm³/mol. The minimum atomic E-state index is -0.679. The highest BCUT2D eigenvalue weighted by atomic mass is 16.4. The summed E-state index contributed by atoms with van der Waals surface area (Å²) in [5.74, 6) is -0.679. The van der Waals surface area contributed by atoms with Gasteiger partial charge in [0, 0.05) is 12.1 Å². The highest BCUT2D eigenvalue weighted by Gasteiger charge is 2.24. The molecule has 1 rings (SSSR count). The van der Waals surface area contributed by atoms with E-state index in [1.54, 1.807) is 0 Å². The van der Waals surface area contributed by atoms with Gasteiger partial charge in [-0.1, -0.05) is 64.7 Å². The van der Waals surface area contributed by atoms with Gasteiger partial charge in [-0.05, 0) is 26.2 Å². The van der Waals surface area contributed by atoms with Gasteiger partial charge >= 0.3 is 5.97 Å². The molecule has 0 radical (unpaired) electrons. The minimum absolute atomic E-state index is 0.208. The Morgan fingerprint density at radius 2 is 1.43 bits per heavy atom. The Morgan fingerprint density at radius 1 is 1.00 bits per heavy atom. The Morgan fingerprint density at radius 3 is 1.81 bits per heavy atom. The second kappa shape index (κ2) is 11.1. The molecule has 0 bridgehead atoms. The number of hydrogen-bond donors (Lipinski definition) is 1. The number of carboxylic acids is 1. The predicted octanol–water partition coefficient (Wildman–Crippen LogP) is 4.84. The fraction of sp³-hybridized carbons (Fsp3) is 0.944. The Bertz CT molecular complexity index is 268. The largest absolute Gasteiger partial charge is 0.480 e. The van der Waals surface area contributed by atoms with E-state index in [0.717, 1.165) is 6.42 Å². The van der Waals surface area contributed by atoms with Crippen molar-refractivity contribution in [3.63, 3.8) is 0 Å². The van der Waals surface area contributed by atoms with Crippen LogP contribution in [-0.4, -0.2) is 34.6 Å². The van der Waals surface area contributed by atoms with E-state index in [-0.39, 0.29) is 6.54 Å². The van der Waals surface area contributed by atoms with Gasteiger partial charge in [0.05, 0.1) is 6.54 Å². The van der Waals surface area contributed by atoms with Crippen molar-refractivity contribution < 1.29 is 9.90 Å². The minimum Gasteiger partial charge on any atom is -0.480 e. The van der Waals surface area contributed by atoms with Crippen molar-refractivity contribution in [2.24, 2.45) is 0 Å². The van der Waals surface area contributed by atoms with Crippen LogP contribution in [0, 0.1) is 0 Å². The molecule has 0 aliphatic heterocycles. The molecule has 0 saturated heterocycles. The molecule has 1 N–H and O–H groups in total. The van der Waals surface area contributed by atoms with Gasteiger partial charge in [-0.3, -0.25) is 9.69 Å². The number of carboxylic acid groups (broad SMARTS) is 1. The van der Waals surface area contributed by atoms with Crippen LogP contribution >= 0.6 is 0 Å². The Hall–Kier alpha value is -0.570. The van der Waals surface area contributed by atoms with Gasteiger partial charge in [0.2, 0.25) is 0 Å². The summed E-state index contributed by atoms with van der Waals surface area (Å²) in [6, 6.07) is 0.842. The first kappa shape index (κ1) is 18.5. The van der Waals surface area contributed by atoms with E-state index < -0.39 is 5.97 Å². The summed E-state index contributed by atoms with van der Waals surface area (Å²) in [5.41, 5.74) is 0. The van der Waals surface area contributed by atoms with Crippen LogP contribution in [0.15, 0.2) is 0 Å². The molecule has 1 atom stereocenters. The summed E-state index contributed by atoms with van der Waals surface area (Å²) in [6.45, 7) is 4.55. The molecule has 0 aromatic rings. The molecule has 0 spiro atoms. The SMILES string of the molecule is CCC(C)N(CC(=O)O)C1CCCCCCCCCCC1. The number of carbonyl (C=O) groups is 1. The van der Waals surface area contributed by atoms with Gasteiger partial charge in [0.15, 0.2) is 0 Å². The van der Waals surface area contributed by atoms with Gasteiger partial charge in [-0.25, -0.2) is 0 Å². The summed E-state index contributed by atoms with van der Waals surface area (Å²) in [4.78, 5) is 13.5. The normalized spacial score (nSPS) is 21.5. The quantitative estimate of drug-likeness (QED) is 0.789. The van der Waals surface area contributed by atoms with Crippen molar-refractivity contribution in [1.82, 2.24) is 4.90 Å². The lowest BCUT2D eigenvalue weighted by Gasteiger charge is -2.35. The third kappa shape index (κ3) is 7.85. The molecular formula is C18H35NO2. The second-order valence-electron chi connectivity index (χ2n) is 6.74. The average molecular weight is 297 g/mol. The van der Waals surface area contributed by atoms with Crippen molar-refractivity contribution in [2.75, 3.05) is 6.54 Å². The van der Waals surface area contributed by atoms with Crippen molar-refractivity contribution in [3.8, 4) is 0 Å². The van der Waals surface area contributed by atoms with Crippen LogP contribution in [-0.2, 0) is 4.79 Å². The molecule has 0 aromatic carbocycles. The Labute approximate surface area is 131 Å². The number of aliphatic carboxylic acids is 1. The first-order valence-electron chi connectivity index (χ1n) is 9.12. The molecule has 0 heterocycles. The lowest BCUT2D eigenvalue weighted by molar-refractivity contribution is -0.139. The summed E-state index contributed by atoms with van der Waals surface area (Å²) in [5, 5.41) is 9.23. The van der Waals surface area contributed by atoms with Crippen LogP contribution in [0.25, 0.3) is 0 Å². The van der Waals surface area contributed by atoms with Crippen LogP contribution < -0.4 is 0 Å². The third-order valence-electron chi connectivity index (χ3n) is 5.02. The molecule has 124 valence electrons. The van der Waals surface area contributed by atoms with E-state index in [1.807, 2.05) is 0 Å². The first-order chi connectivity index (χ1) is 10.1. The van der Waals surface area contributed by atoms with E-state index >= 15 is 0 Å². The molecule has 21 heavy (non-hydrogen) atoms. The first-order valence-corrected chi connectivity index (χ1v) is 9.12. The molecule has 1 saturated carbocycles. The molecule has 1 fully saturated rings. The van der Waals surface area contributed by atoms with Gasteiger partial charge in [0.25, 0.3) is 0 Å². The summed E-state index contributed by atoms with van der Waals surface area (Å²) in [7, 11) is 0. The maximum atomic E-state index is 11.2. The Kier molecular flexibility index (Phi) is 9.73. The molecule has 1 aliphatic rings. The van der Waals surface area contributed by atoms with Crippen molar-refractivity contribution in [1.29, 1.82) is 0 Å². The fourth-order valence-electron chi connectivity index (χ4n) is 3.51. The van der Waals surface area contributed by atoms with Crippen LogP contribution in [0.1, 0.15) is 90.9 Å². The van der Waals surface area contributed by atoms with Crippen molar-refractivity contribution in [3.05, 3.63) is 0 Å². The number of nitrogens with zero attached hydrogens (tertiary/aromatic N) is 1.